The first-order chi connectivity index (χ1) is 14.6. The van der Waals surface area contributed by atoms with E-state index in [0.29, 0.717) is 12.1 Å². The van der Waals surface area contributed by atoms with Crippen LogP contribution in [0.2, 0.25) is 0 Å². The molecular weight excluding hydrogens is 538 g/mol. The molecule has 0 radical (unpaired) electrons. The summed E-state index contributed by atoms with van der Waals surface area (Å²) in [4.78, 5) is -2.27. The second-order valence-electron chi connectivity index (χ2n) is 6.23. The summed E-state index contributed by atoms with van der Waals surface area (Å²) >= 11 is 0. The molecule has 18 heteroatoms. The zero-order chi connectivity index (χ0) is 24.1. The summed E-state index contributed by atoms with van der Waals surface area (Å²) in [6.07, 6.45) is 0. The van der Waals surface area contributed by atoms with Crippen molar-refractivity contribution in [2.45, 2.75) is 14.7 Å². The number of aromatic hydroxyl groups is 2. The number of phenols is 2. The summed E-state index contributed by atoms with van der Waals surface area (Å²) in [5.74, 6) is -1.85. The third-order valence-electron chi connectivity index (χ3n) is 4.08. The number of benzene rings is 3. The van der Waals surface area contributed by atoms with E-state index in [0.717, 1.165) is 30.3 Å². The van der Waals surface area contributed by atoms with E-state index in [-0.39, 0.29) is 70.2 Å². The fourth-order valence-electron chi connectivity index (χ4n) is 2.67. The Morgan fingerprint density at radius 2 is 1.18 bits per heavy atom. The Labute approximate surface area is 237 Å². The number of phenolic OH excluding ortho intramolecular Hbond substituents is 2. The van der Waals surface area contributed by atoms with E-state index >= 15 is 0 Å². The minimum absolute atomic E-state index is 0. The van der Waals surface area contributed by atoms with Gasteiger partial charge in [-0.25, -0.2) is 0 Å². The third-order valence-corrected chi connectivity index (χ3v) is 6.64. The molecular formula is C16H14N2Na2O11S3. The first kappa shape index (κ1) is 30.9. The minimum atomic E-state index is -5.06. The van der Waals surface area contributed by atoms with E-state index < -0.39 is 67.6 Å². The normalized spacial score (nSPS) is 12.3. The molecule has 0 aliphatic carbocycles. The van der Waals surface area contributed by atoms with Gasteiger partial charge in [-0.1, -0.05) is 0 Å². The summed E-state index contributed by atoms with van der Waals surface area (Å²) in [5, 5.41) is 26.9. The van der Waals surface area contributed by atoms with Crippen LogP contribution in [0.3, 0.4) is 0 Å². The zero-order valence-corrected chi connectivity index (χ0v) is 17.8. The SMILES string of the molecule is O=S(=O)(O)c1ccc(N=Nc2c(S(=O)(=O)O)cc3cc(S(=O)(=O)O)cc(O)c3c2O)cc1.[NaH].[NaH]. The molecule has 5 N–H and O–H groups in total. The summed E-state index contributed by atoms with van der Waals surface area (Å²) < 4.78 is 96.0. The van der Waals surface area contributed by atoms with Crippen molar-refractivity contribution >= 4 is 112 Å². The molecule has 3 aromatic rings. The van der Waals surface area contributed by atoms with Gasteiger partial charge in [0.25, 0.3) is 30.4 Å². The average molecular weight is 552 g/mol. The Bertz CT molecular complexity index is 1600. The van der Waals surface area contributed by atoms with Gasteiger partial charge in [0.05, 0.1) is 20.9 Å². The first-order valence-electron chi connectivity index (χ1n) is 8.06. The third kappa shape index (κ3) is 6.74. The molecule has 0 fully saturated rings. The molecule has 0 atom stereocenters. The number of fused-ring (bicyclic) bond motifs is 1. The molecule has 174 valence electrons. The number of azo groups is 1. The molecule has 0 amide bonds. The second-order valence-corrected chi connectivity index (χ2v) is 10.5. The van der Waals surface area contributed by atoms with Crippen molar-refractivity contribution in [2.75, 3.05) is 0 Å². The second kappa shape index (κ2) is 10.9. The van der Waals surface area contributed by atoms with Gasteiger partial charge < -0.3 is 10.2 Å². The molecule has 0 aliphatic rings. The predicted molar refractivity (Wildman–Crippen MR) is 122 cm³/mol. The molecule has 0 aliphatic heterocycles. The Morgan fingerprint density at radius 1 is 0.647 bits per heavy atom. The molecule has 0 spiro atoms. The van der Waals surface area contributed by atoms with Crippen LogP contribution in [-0.4, -0.2) is 108 Å². The van der Waals surface area contributed by atoms with Gasteiger partial charge in [-0.15, -0.1) is 5.11 Å². The molecule has 0 saturated heterocycles. The van der Waals surface area contributed by atoms with Crippen molar-refractivity contribution in [1.29, 1.82) is 0 Å². The standard InChI is InChI=1S/C16H12N2O11S3.2Na.2H/c19-12-7-11(31(24,25)26)5-8-6-13(32(27,28)29)15(16(20)14(8)12)18-17-9-1-3-10(4-2-9)30(21,22)23;;;;/h1-7,19-20H,(H,21,22,23)(H,24,25,26)(H,27,28,29);;;;. The van der Waals surface area contributed by atoms with Gasteiger partial charge >= 0.3 is 59.1 Å². The van der Waals surface area contributed by atoms with Crippen LogP contribution in [0.5, 0.6) is 11.5 Å². The Kier molecular flexibility index (Phi) is 9.86. The molecule has 13 nitrogen and oxygen atoms in total. The maximum absolute atomic E-state index is 11.8. The molecule has 0 unspecified atom stereocenters. The number of hydrogen-bond donors (Lipinski definition) is 5. The van der Waals surface area contributed by atoms with Gasteiger partial charge in [-0.3, -0.25) is 13.7 Å². The molecule has 0 heterocycles. The van der Waals surface area contributed by atoms with Crippen molar-refractivity contribution < 1.29 is 49.1 Å². The fourth-order valence-corrected chi connectivity index (χ4v) is 4.35. The van der Waals surface area contributed by atoms with Crippen molar-refractivity contribution in [3.8, 4) is 11.5 Å². The molecule has 3 aromatic carbocycles. The van der Waals surface area contributed by atoms with Crippen molar-refractivity contribution in [2.24, 2.45) is 10.2 Å². The number of hydrogen-bond acceptors (Lipinski definition) is 10. The zero-order valence-electron chi connectivity index (χ0n) is 15.3. The molecule has 0 saturated carbocycles. The maximum atomic E-state index is 11.8. The van der Waals surface area contributed by atoms with Gasteiger partial charge in [-0.05, 0) is 41.8 Å². The number of nitrogens with zero attached hydrogens (tertiary/aromatic N) is 2. The van der Waals surface area contributed by atoms with E-state index in [1.54, 1.807) is 0 Å². The van der Waals surface area contributed by atoms with Gasteiger partial charge in [0.2, 0.25) is 0 Å². The van der Waals surface area contributed by atoms with Crippen LogP contribution in [0.4, 0.5) is 11.4 Å². The van der Waals surface area contributed by atoms with Crippen LogP contribution in [0.1, 0.15) is 0 Å². The predicted octanol–water partition coefficient (Wildman–Crippen LogP) is 1.11. The molecule has 3 rings (SSSR count). The van der Waals surface area contributed by atoms with Crippen molar-refractivity contribution in [3.63, 3.8) is 0 Å². The Balaban J connectivity index is 0.00000289. The topological polar surface area (TPSA) is 228 Å². The van der Waals surface area contributed by atoms with E-state index in [9.17, 15) is 40.0 Å². The summed E-state index contributed by atoms with van der Waals surface area (Å²) in [5.41, 5.74) is -0.877. The van der Waals surface area contributed by atoms with E-state index in [4.69, 9.17) is 9.11 Å². The first-order valence-corrected chi connectivity index (χ1v) is 12.4. The Hall–Kier alpha value is -1.15. The van der Waals surface area contributed by atoms with Crippen molar-refractivity contribution in [3.05, 3.63) is 42.5 Å². The fraction of sp³-hybridized carbons (Fsp3) is 0. The van der Waals surface area contributed by atoms with E-state index in [1.807, 2.05) is 0 Å². The van der Waals surface area contributed by atoms with Crippen LogP contribution < -0.4 is 0 Å². The van der Waals surface area contributed by atoms with Gasteiger partial charge in [0.1, 0.15) is 16.3 Å². The molecule has 0 aromatic heterocycles. The summed E-state index contributed by atoms with van der Waals surface area (Å²) in [7, 11) is -14.3. The van der Waals surface area contributed by atoms with Crippen LogP contribution >= 0.6 is 0 Å². The van der Waals surface area contributed by atoms with Crippen LogP contribution in [0.25, 0.3) is 10.8 Å². The van der Waals surface area contributed by atoms with Crippen LogP contribution in [0.15, 0.2) is 67.4 Å². The average Bonchev–Trinajstić information content (AvgIpc) is 2.64. The van der Waals surface area contributed by atoms with Gasteiger partial charge in [-0.2, -0.15) is 30.4 Å². The van der Waals surface area contributed by atoms with E-state index in [2.05, 4.69) is 10.2 Å². The monoisotopic (exact) mass is 552 g/mol. The van der Waals surface area contributed by atoms with Gasteiger partial charge in [0.15, 0.2) is 5.75 Å². The van der Waals surface area contributed by atoms with Crippen molar-refractivity contribution in [1.82, 2.24) is 0 Å². The van der Waals surface area contributed by atoms with Crippen LogP contribution in [-0.2, 0) is 30.4 Å². The quantitative estimate of drug-likeness (QED) is 0.171. The Morgan fingerprint density at radius 3 is 1.65 bits per heavy atom. The van der Waals surface area contributed by atoms with E-state index in [1.165, 1.54) is 0 Å². The summed E-state index contributed by atoms with van der Waals surface area (Å²) in [6.45, 7) is 0. The molecule has 34 heavy (non-hydrogen) atoms. The number of rotatable bonds is 5. The van der Waals surface area contributed by atoms with Gasteiger partial charge in [0, 0.05) is 6.07 Å². The molecule has 0 bridgehead atoms. The van der Waals surface area contributed by atoms with Crippen LogP contribution in [0, 0.1) is 0 Å². The summed E-state index contributed by atoms with van der Waals surface area (Å²) in [6, 6.07) is 6.15.